The summed E-state index contributed by atoms with van der Waals surface area (Å²) < 4.78 is 12.1. The highest BCUT2D eigenvalue weighted by Gasteiger charge is 2.62. The summed E-state index contributed by atoms with van der Waals surface area (Å²) in [6, 6.07) is 0. The lowest BCUT2D eigenvalue weighted by molar-refractivity contribution is -0.228. The maximum atomic E-state index is 12.5. The van der Waals surface area contributed by atoms with E-state index in [9.17, 15) is 4.79 Å². The van der Waals surface area contributed by atoms with E-state index >= 15 is 0 Å². The Morgan fingerprint density at radius 3 is 2.50 bits per heavy atom. The summed E-state index contributed by atoms with van der Waals surface area (Å²) in [5.41, 5.74) is 0.453. The van der Waals surface area contributed by atoms with Gasteiger partial charge in [0.15, 0.2) is 5.79 Å². The van der Waals surface area contributed by atoms with E-state index in [1.165, 1.54) is 25.7 Å². The molecule has 5 aliphatic rings. The molecular weight excluding hydrogens is 300 g/mol. The summed E-state index contributed by atoms with van der Waals surface area (Å²) in [7, 11) is 0. The van der Waals surface area contributed by atoms with Crippen LogP contribution in [0.2, 0.25) is 0 Å². The SMILES string of the molecule is C[C@]12CCC3(C[C@@H]1CC[C@H]1[C@H]2CC[C@]2(C)C(=O)CC[C@@H]12)OCCO3. The van der Waals surface area contributed by atoms with Crippen molar-refractivity contribution in [3.05, 3.63) is 0 Å². The van der Waals surface area contributed by atoms with Gasteiger partial charge in [-0.1, -0.05) is 13.8 Å². The molecule has 0 aromatic heterocycles. The Bertz CT molecular complexity index is 551. The third kappa shape index (κ3) is 1.95. The van der Waals surface area contributed by atoms with Crippen LogP contribution in [0.3, 0.4) is 0 Å². The van der Waals surface area contributed by atoms with Gasteiger partial charge in [-0.3, -0.25) is 4.79 Å². The Labute approximate surface area is 145 Å². The lowest BCUT2D eigenvalue weighted by Gasteiger charge is -2.61. The average Bonchev–Trinajstić information content (AvgIpc) is 3.14. The van der Waals surface area contributed by atoms with E-state index < -0.39 is 0 Å². The van der Waals surface area contributed by atoms with Gasteiger partial charge in [0, 0.05) is 24.7 Å². The number of ketones is 1. The molecule has 1 heterocycles. The molecular formula is C21H32O3. The quantitative estimate of drug-likeness (QED) is 0.662. The number of rotatable bonds is 0. The fourth-order valence-electron chi connectivity index (χ4n) is 7.73. The molecule has 0 aromatic rings. The first-order chi connectivity index (χ1) is 11.5. The molecule has 0 radical (unpaired) electrons. The number of Topliss-reactive ketones (excluding diaryl/α,β-unsaturated/α-hetero) is 1. The summed E-state index contributed by atoms with van der Waals surface area (Å²) in [4.78, 5) is 12.5. The van der Waals surface area contributed by atoms with Crippen molar-refractivity contribution < 1.29 is 14.3 Å². The van der Waals surface area contributed by atoms with Crippen molar-refractivity contribution >= 4 is 5.78 Å². The van der Waals surface area contributed by atoms with Crippen LogP contribution in [0.25, 0.3) is 0 Å². The maximum absolute atomic E-state index is 12.5. The zero-order chi connectivity index (χ0) is 16.6. The number of hydrogen-bond acceptors (Lipinski definition) is 3. The van der Waals surface area contributed by atoms with E-state index in [4.69, 9.17) is 9.47 Å². The normalized spacial score (nSPS) is 52.8. The van der Waals surface area contributed by atoms with Crippen molar-refractivity contribution in [1.82, 2.24) is 0 Å². The topological polar surface area (TPSA) is 35.5 Å². The Balaban J connectivity index is 1.42. The molecule has 0 aromatic carbocycles. The van der Waals surface area contributed by atoms with Crippen LogP contribution in [0, 0.1) is 34.5 Å². The van der Waals surface area contributed by atoms with Crippen molar-refractivity contribution in [2.75, 3.05) is 13.2 Å². The Morgan fingerprint density at radius 2 is 1.71 bits per heavy atom. The minimum Gasteiger partial charge on any atom is -0.348 e. The molecule has 4 aliphatic carbocycles. The summed E-state index contributed by atoms with van der Waals surface area (Å²) in [5, 5.41) is 0. The van der Waals surface area contributed by atoms with Gasteiger partial charge in [0.1, 0.15) is 5.78 Å². The highest BCUT2D eigenvalue weighted by atomic mass is 16.7. The summed E-state index contributed by atoms with van der Waals surface area (Å²) in [6.07, 6.45) is 10.5. The molecule has 0 bridgehead atoms. The first kappa shape index (κ1) is 15.8. The monoisotopic (exact) mass is 332 g/mol. The van der Waals surface area contributed by atoms with E-state index in [-0.39, 0.29) is 11.2 Å². The maximum Gasteiger partial charge on any atom is 0.168 e. The second-order valence-electron chi connectivity index (χ2n) is 9.89. The van der Waals surface area contributed by atoms with Crippen LogP contribution in [0.15, 0.2) is 0 Å². The van der Waals surface area contributed by atoms with E-state index in [2.05, 4.69) is 13.8 Å². The van der Waals surface area contributed by atoms with Crippen LogP contribution in [-0.2, 0) is 14.3 Å². The van der Waals surface area contributed by atoms with Gasteiger partial charge in [-0.15, -0.1) is 0 Å². The van der Waals surface area contributed by atoms with Gasteiger partial charge in [-0.2, -0.15) is 0 Å². The van der Waals surface area contributed by atoms with Crippen molar-refractivity contribution in [3.63, 3.8) is 0 Å². The molecule has 4 saturated carbocycles. The van der Waals surface area contributed by atoms with Crippen LogP contribution in [0.5, 0.6) is 0 Å². The summed E-state index contributed by atoms with van der Waals surface area (Å²) in [5.74, 6) is 3.33. The minimum absolute atomic E-state index is 0.0118. The molecule has 24 heavy (non-hydrogen) atoms. The van der Waals surface area contributed by atoms with E-state index in [1.807, 2.05) is 0 Å². The highest BCUT2D eigenvalue weighted by molar-refractivity contribution is 5.87. The van der Waals surface area contributed by atoms with E-state index in [1.54, 1.807) is 0 Å². The van der Waals surface area contributed by atoms with E-state index in [0.29, 0.717) is 17.1 Å². The predicted octanol–water partition coefficient (Wildman–Crippen LogP) is 4.34. The Hall–Kier alpha value is -0.410. The van der Waals surface area contributed by atoms with Gasteiger partial charge in [0.05, 0.1) is 13.2 Å². The highest BCUT2D eigenvalue weighted by Crippen LogP contribution is 2.66. The van der Waals surface area contributed by atoms with Crippen LogP contribution >= 0.6 is 0 Å². The molecule has 0 unspecified atom stereocenters. The van der Waals surface area contributed by atoms with Gasteiger partial charge >= 0.3 is 0 Å². The second-order valence-corrected chi connectivity index (χ2v) is 9.89. The molecule has 1 spiro atoms. The Morgan fingerprint density at radius 1 is 0.917 bits per heavy atom. The van der Waals surface area contributed by atoms with E-state index in [0.717, 1.165) is 63.1 Å². The number of hydrogen-bond donors (Lipinski definition) is 0. The average molecular weight is 332 g/mol. The fraction of sp³-hybridized carbons (Fsp3) is 0.952. The Kier molecular flexibility index (Phi) is 3.34. The molecule has 1 saturated heterocycles. The molecule has 3 heteroatoms. The van der Waals surface area contributed by atoms with Crippen LogP contribution < -0.4 is 0 Å². The second kappa shape index (κ2) is 5.07. The van der Waals surface area contributed by atoms with Crippen molar-refractivity contribution in [2.45, 2.75) is 77.4 Å². The third-order valence-electron chi connectivity index (χ3n) is 9.19. The first-order valence-corrected chi connectivity index (χ1v) is 10.3. The minimum atomic E-state index is -0.247. The summed E-state index contributed by atoms with van der Waals surface area (Å²) in [6.45, 7) is 6.40. The number of ether oxygens (including phenoxy) is 2. The van der Waals surface area contributed by atoms with Crippen molar-refractivity contribution in [1.29, 1.82) is 0 Å². The van der Waals surface area contributed by atoms with Gasteiger partial charge in [-0.05, 0) is 67.6 Å². The van der Waals surface area contributed by atoms with Gasteiger partial charge in [0.25, 0.3) is 0 Å². The predicted molar refractivity (Wildman–Crippen MR) is 91.4 cm³/mol. The lowest BCUT2D eigenvalue weighted by atomic mass is 9.45. The molecule has 5 fully saturated rings. The number of fused-ring (bicyclic) bond motifs is 5. The van der Waals surface area contributed by atoms with Crippen molar-refractivity contribution in [2.24, 2.45) is 34.5 Å². The number of carbonyl (C=O) groups excluding carboxylic acids is 1. The third-order valence-corrected chi connectivity index (χ3v) is 9.19. The van der Waals surface area contributed by atoms with Crippen LogP contribution in [0.4, 0.5) is 0 Å². The number of carbonyl (C=O) groups is 1. The lowest BCUT2D eigenvalue weighted by Crippen LogP contribution is -2.56. The first-order valence-electron chi connectivity index (χ1n) is 10.3. The molecule has 6 atom stereocenters. The molecule has 1 aliphatic heterocycles. The largest absolute Gasteiger partial charge is 0.348 e. The van der Waals surface area contributed by atoms with Crippen molar-refractivity contribution in [3.8, 4) is 0 Å². The molecule has 134 valence electrons. The standard InChI is InChI=1S/C21H32O3/c1-19-9-10-21(23-11-12-24-21)13-14(19)3-4-15-16-5-6-18(22)20(16,2)8-7-17(15)19/h14-17H,3-13H2,1-2H3/t14-,15+,16-,17+,19-,20-/m0/s1. The van der Waals surface area contributed by atoms with Gasteiger partial charge in [0.2, 0.25) is 0 Å². The van der Waals surface area contributed by atoms with Crippen LogP contribution in [0.1, 0.15) is 71.6 Å². The molecule has 5 rings (SSSR count). The molecule has 0 N–H and O–H groups in total. The zero-order valence-corrected chi connectivity index (χ0v) is 15.3. The smallest absolute Gasteiger partial charge is 0.168 e. The molecule has 3 nitrogen and oxygen atoms in total. The fourth-order valence-corrected chi connectivity index (χ4v) is 7.73. The summed E-state index contributed by atoms with van der Waals surface area (Å²) >= 11 is 0. The van der Waals surface area contributed by atoms with Gasteiger partial charge < -0.3 is 9.47 Å². The molecule has 0 amide bonds. The zero-order valence-electron chi connectivity index (χ0n) is 15.3. The van der Waals surface area contributed by atoms with Crippen LogP contribution in [-0.4, -0.2) is 24.8 Å². The van der Waals surface area contributed by atoms with Gasteiger partial charge in [-0.25, -0.2) is 0 Å².